The van der Waals surface area contributed by atoms with E-state index in [0.29, 0.717) is 13.2 Å². The first-order chi connectivity index (χ1) is 11.1. The van der Waals surface area contributed by atoms with E-state index in [1.807, 2.05) is 0 Å². The minimum absolute atomic E-state index is 0.693. The van der Waals surface area contributed by atoms with Crippen molar-refractivity contribution >= 4 is 19.2 Å². The lowest BCUT2D eigenvalue weighted by atomic mass is 10.5. The van der Waals surface area contributed by atoms with E-state index in [2.05, 4.69) is 39.6 Å². The van der Waals surface area contributed by atoms with Gasteiger partial charge in [-0.25, -0.2) is 0 Å². The van der Waals surface area contributed by atoms with Gasteiger partial charge in [0.25, 0.3) is 0 Å². The Bertz CT molecular complexity index is 363. The predicted octanol–water partition coefficient (Wildman–Crippen LogP) is 3.01. The second-order valence-electron chi connectivity index (χ2n) is 5.98. The fourth-order valence-corrected chi connectivity index (χ4v) is 6.15. The van der Waals surface area contributed by atoms with E-state index in [1.165, 1.54) is 0 Å². The predicted molar refractivity (Wildman–Crippen MR) is 101 cm³/mol. The van der Waals surface area contributed by atoms with Crippen LogP contribution in [0.5, 0.6) is 0 Å². The second kappa shape index (κ2) is 11.1. The van der Waals surface area contributed by atoms with Crippen LogP contribution in [-0.2, 0) is 8.85 Å². The maximum atomic E-state index is 6.45. The molecule has 0 radical (unpaired) electrons. The van der Waals surface area contributed by atoms with Gasteiger partial charge in [0.2, 0.25) is 0 Å². The molecular formula is C17H35N3O2Si. The molecule has 0 bridgehead atoms. The maximum Gasteiger partial charge on any atom is 0.435 e. The van der Waals surface area contributed by atoms with Crippen molar-refractivity contribution in [2.75, 3.05) is 46.4 Å². The zero-order valence-corrected chi connectivity index (χ0v) is 16.7. The molecule has 0 unspecified atom stereocenters. The van der Waals surface area contributed by atoms with Gasteiger partial charge in [-0.3, -0.25) is 9.98 Å². The summed E-state index contributed by atoms with van der Waals surface area (Å²) in [6.45, 7) is 13.6. The lowest BCUT2D eigenvalue weighted by Crippen LogP contribution is -2.60. The summed E-state index contributed by atoms with van der Waals surface area (Å²) in [6.07, 6.45) is 3.86. The third kappa shape index (κ3) is 5.78. The largest absolute Gasteiger partial charge is 0.435 e. The number of rotatable bonds is 8. The smallest absolute Gasteiger partial charge is 0.385 e. The second-order valence-corrected chi connectivity index (χ2v) is 8.95. The minimum Gasteiger partial charge on any atom is -0.385 e. The number of nitrogens with zero attached hydrogens (tertiary/aromatic N) is 3. The van der Waals surface area contributed by atoms with Gasteiger partial charge < -0.3 is 13.8 Å². The molecule has 0 saturated carbocycles. The van der Waals surface area contributed by atoms with Crippen molar-refractivity contribution in [1.82, 2.24) is 4.90 Å². The number of hydrogen-bond donors (Lipinski definition) is 0. The molecule has 0 aliphatic carbocycles. The Morgan fingerprint density at radius 3 is 1.65 bits per heavy atom. The van der Waals surface area contributed by atoms with Crippen LogP contribution in [0.4, 0.5) is 0 Å². The van der Waals surface area contributed by atoms with E-state index >= 15 is 0 Å². The Labute approximate surface area is 143 Å². The molecular weight excluding hydrogens is 306 g/mol. The third-order valence-electron chi connectivity index (χ3n) is 4.04. The Kier molecular flexibility index (Phi) is 9.86. The highest BCUT2D eigenvalue weighted by Crippen LogP contribution is 2.20. The van der Waals surface area contributed by atoms with Gasteiger partial charge >= 0.3 is 8.56 Å². The molecule has 0 spiro atoms. The normalized spacial score (nSPS) is 21.1. The zero-order chi connectivity index (χ0) is 17.1. The molecule has 1 fully saturated rings. The van der Waals surface area contributed by atoms with Crippen LogP contribution in [0.15, 0.2) is 9.98 Å². The molecule has 0 atom stereocenters. The molecule has 1 aliphatic rings. The average molecular weight is 342 g/mol. The average Bonchev–Trinajstić information content (AvgIpc) is 2.53. The van der Waals surface area contributed by atoms with Crippen molar-refractivity contribution < 1.29 is 8.85 Å². The molecule has 6 heteroatoms. The number of aliphatic imine (C=N–C) groups is 2. The summed E-state index contributed by atoms with van der Waals surface area (Å²) in [5.74, 6) is 0. The van der Waals surface area contributed by atoms with Crippen molar-refractivity contribution in [3.63, 3.8) is 0 Å². The van der Waals surface area contributed by atoms with E-state index < -0.39 is 8.56 Å². The van der Waals surface area contributed by atoms with Gasteiger partial charge in [-0.1, -0.05) is 27.7 Å². The Hall–Kier alpha value is -0.563. The van der Waals surface area contributed by atoms with Gasteiger partial charge in [0.05, 0.1) is 10.7 Å². The van der Waals surface area contributed by atoms with Gasteiger partial charge in [-0.2, -0.15) is 0 Å². The highest BCUT2D eigenvalue weighted by Gasteiger charge is 2.48. The molecule has 0 amide bonds. The molecule has 1 rings (SSSR count). The fraction of sp³-hybridized carbons (Fsp3) is 0.882. The van der Waals surface area contributed by atoms with Crippen molar-refractivity contribution in [2.24, 2.45) is 9.98 Å². The standard InChI is InChI=1S/C17H35N3O2Si/c1-6-10-18-16(8-3)23(17(9-4)19-11-7-2)21-14-12-20(5)13-15-22-23/h6-15H2,1-5H3/b18-16-,19-17-. The van der Waals surface area contributed by atoms with Crippen LogP contribution in [0, 0.1) is 0 Å². The molecule has 23 heavy (non-hydrogen) atoms. The minimum atomic E-state index is -2.65. The summed E-state index contributed by atoms with van der Waals surface area (Å²) in [7, 11) is -0.545. The van der Waals surface area contributed by atoms with E-state index in [0.717, 1.165) is 62.5 Å². The van der Waals surface area contributed by atoms with E-state index in [1.54, 1.807) is 0 Å². The monoisotopic (exact) mass is 341 g/mol. The Morgan fingerprint density at radius 1 is 0.870 bits per heavy atom. The van der Waals surface area contributed by atoms with Crippen molar-refractivity contribution in [3.05, 3.63) is 0 Å². The van der Waals surface area contributed by atoms with Gasteiger partial charge in [-0.05, 0) is 32.7 Å². The summed E-state index contributed by atoms with van der Waals surface area (Å²) in [5, 5.41) is 2.25. The van der Waals surface area contributed by atoms with Gasteiger partial charge in [0.1, 0.15) is 0 Å². The Morgan fingerprint density at radius 2 is 1.30 bits per heavy atom. The van der Waals surface area contributed by atoms with Crippen LogP contribution in [-0.4, -0.2) is 70.6 Å². The zero-order valence-electron chi connectivity index (χ0n) is 15.7. The number of likely N-dealkylation sites (N-methyl/N-ethyl adjacent to an activating group) is 1. The van der Waals surface area contributed by atoms with Crippen LogP contribution in [0.25, 0.3) is 0 Å². The van der Waals surface area contributed by atoms with Gasteiger partial charge in [0, 0.05) is 39.4 Å². The van der Waals surface area contributed by atoms with E-state index in [4.69, 9.17) is 18.8 Å². The first-order valence-electron chi connectivity index (χ1n) is 9.18. The third-order valence-corrected chi connectivity index (χ3v) is 7.80. The molecule has 0 aromatic heterocycles. The van der Waals surface area contributed by atoms with Gasteiger partial charge in [-0.15, -0.1) is 0 Å². The summed E-state index contributed by atoms with van der Waals surface area (Å²) < 4.78 is 12.9. The molecule has 1 saturated heterocycles. The molecule has 0 aromatic rings. The lowest BCUT2D eigenvalue weighted by molar-refractivity contribution is 0.124. The van der Waals surface area contributed by atoms with Crippen molar-refractivity contribution in [1.29, 1.82) is 0 Å². The summed E-state index contributed by atoms with van der Waals surface area (Å²) in [4.78, 5) is 12.0. The molecule has 5 nitrogen and oxygen atoms in total. The van der Waals surface area contributed by atoms with Crippen molar-refractivity contribution in [2.45, 2.75) is 53.4 Å². The SMILES string of the molecule is CCC/N=C(/CC)[Si]1(/C(CC)=N\CCC)OCCN(C)CCO1. The Balaban J connectivity index is 3.21. The van der Waals surface area contributed by atoms with Crippen molar-refractivity contribution in [3.8, 4) is 0 Å². The highest BCUT2D eigenvalue weighted by molar-refractivity contribution is 7.18. The first kappa shape index (κ1) is 20.5. The molecule has 134 valence electrons. The van der Waals surface area contributed by atoms with Crippen LogP contribution in [0.2, 0.25) is 0 Å². The summed E-state index contributed by atoms with van der Waals surface area (Å²) in [5.41, 5.74) is 0. The highest BCUT2D eigenvalue weighted by atomic mass is 28.4. The molecule has 1 heterocycles. The van der Waals surface area contributed by atoms with Crippen LogP contribution >= 0.6 is 0 Å². The lowest BCUT2D eigenvalue weighted by Gasteiger charge is -2.36. The van der Waals surface area contributed by atoms with Crippen LogP contribution < -0.4 is 0 Å². The molecule has 0 aromatic carbocycles. The van der Waals surface area contributed by atoms with Crippen LogP contribution in [0.1, 0.15) is 53.4 Å². The maximum absolute atomic E-state index is 6.45. The van der Waals surface area contributed by atoms with Gasteiger partial charge in [0.15, 0.2) is 0 Å². The summed E-state index contributed by atoms with van der Waals surface area (Å²) >= 11 is 0. The molecule has 0 N–H and O–H groups in total. The fourth-order valence-electron chi connectivity index (χ4n) is 2.73. The molecule has 1 aliphatic heterocycles. The topological polar surface area (TPSA) is 46.4 Å². The quantitative estimate of drug-likeness (QED) is 0.504. The number of hydrogen-bond acceptors (Lipinski definition) is 5. The first-order valence-corrected chi connectivity index (χ1v) is 11.0. The van der Waals surface area contributed by atoms with E-state index in [-0.39, 0.29) is 0 Å². The van der Waals surface area contributed by atoms with Crippen LogP contribution in [0.3, 0.4) is 0 Å². The van der Waals surface area contributed by atoms with E-state index in [9.17, 15) is 0 Å². The summed E-state index contributed by atoms with van der Waals surface area (Å²) in [6, 6.07) is 0.